The Labute approximate surface area is 171 Å². The molecule has 0 atom stereocenters. The number of carbonyl (C=O) groups excluding carboxylic acids is 1. The molecule has 4 aromatic rings. The lowest BCUT2D eigenvalue weighted by atomic mass is 10.1. The number of rotatable bonds is 6. The number of nitrogens with one attached hydrogen (secondary N) is 2. The molecule has 0 aliphatic carbocycles. The van der Waals surface area contributed by atoms with E-state index in [0.717, 1.165) is 32.1 Å². The van der Waals surface area contributed by atoms with Gasteiger partial charge in [0.1, 0.15) is 0 Å². The van der Waals surface area contributed by atoms with Crippen molar-refractivity contribution in [1.29, 1.82) is 0 Å². The maximum absolute atomic E-state index is 12.3. The number of aryl methyl sites for hydroxylation is 1. The zero-order valence-corrected chi connectivity index (χ0v) is 16.8. The Morgan fingerprint density at radius 2 is 1.79 bits per heavy atom. The number of anilines is 3. The first-order valence-electron chi connectivity index (χ1n) is 8.75. The fraction of sp³-hybridized carbons (Fsp3) is 0.0952. The van der Waals surface area contributed by atoms with Gasteiger partial charge in [0.15, 0.2) is 4.34 Å². The Morgan fingerprint density at radius 3 is 2.64 bits per heavy atom. The van der Waals surface area contributed by atoms with E-state index in [9.17, 15) is 4.79 Å². The highest BCUT2D eigenvalue weighted by molar-refractivity contribution is 8.01. The third-order valence-corrected chi connectivity index (χ3v) is 6.13. The van der Waals surface area contributed by atoms with Crippen molar-refractivity contribution in [3.05, 3.63) is 72.3 Å². The van der Waals surface area contributed by atoms with E-state index >= 15 is 0 Å². The van der Waals surface area contributed by atoms with Crippen LogP contribution >= 0.6 is 23.1 Å². The number of hydrogen-bond acceptors (Lipinski definition) is 6. The average Bonchev–Trinajstić information content (AvgIpc) is 3.16. The number of amides is 1. The van der Waals surface area contributed by atoms with E-state index in [1.165, 1.54) is 23.1 Å². The first-order valence-corrected chi connectivity index (χ1v) is 10.6. The monoisotopic (exact) mass is 406 g/mol. The van der Waals surface area contributed by atoms with Crippen LogP contribution < -0.4 is 10.6 Å². The third-order valence-electron chi connectivity index (χ3n) is 4.15. The number of hydrogen-bond donors (Lipinski definition) is 2. The van der Waals surface area contributed by atoms with Gasteiger partial charge in [0.05, 0.1) is 5.75 Å². The van der Waals surface area contributed by atoms with Crippen molar-refractivity contribution in [2.45, 2.75) is 11.3 Å². The molecule has 0 radical (unpaired) electrons. The van der Waals surface area contributed by atoms with Gasteiger partial charge in [-0.25, -0.2) is 0 Å². The van der Waals surface area contributed by atoms with E-state index in [0.29, 0.717) is 5.13 Å². The summed E-state index contributed by atoms with van der Waals surface area (Å²) in [6, 6.07) is 22.0. The molecule has 140 valence electrons. The second kappa shape index (κ2) is 8.41. The van der Waals surface area contributed by atoms with Gasteiger partial charge in [0, 0.05) is 11.4 Å². The van der Waals surface area contributed by atoms with E-state index in [1.807, 2.05) is 67.6 Å². The van der Waals surface area contributed by atoms with E-state index in [4.69, 9.17) is 0 Å². The lowest BCUT2D eigenvalue weighted by Crippen LogP contribution is -2.13. The molecule has 3 aromatic carbocycles. The van der Waals surface area contributed by atoms with Crippen molar-refractivity contribution in [2.24, 2.45) is 0 Å². The maximum atomic E-state index is 12.3. The van der Waals surface area contributed by atoms with Crippen molar-refractivity contribution in [1.82, 2.24) is 10.2 Å². The molecule has 1 aromatic heterocycles. The highest BCUT2D eigenvalue weighted by atomic mass is 32.2. The van der Waals surface area contributed by atoms with Crippen LogP contribution in [0.2, 0.25) is 0 Å². The topological polar surface area (TPSA) is 66.9 Å². The molecule has 0 aliphatic heterocycles. The molecule has 1 heterocycles. The number of thioether (sulfide) groups is 1. The quantitative estimate of drug-likeness (QED) is 0.415. The molecule has 0 unspecified atom stereocenters. The molecule has 0 fully saturated rings. The van der Waals surface area contributed by atoms with Crippen LogP contribution in [0.1, 0.15) is 5.56 Å². The summed E-state index contributed by atoms with van der Waals surface area (Å²) in [5.74, 6) is 0.218. The number of carbonyl (C=O) groups is 1. The van der Waals surface area contributed by atoms with Crippen LogP contribution in [0.5, 0.6) is 0 Å². The zero-order chi connectivity index (χ0) is 19.3. The molecule has 0 saturated heterocycles. The molecule has 0 bridgehead atoms. The summed E-state index contributed by atoms with van der Waals surface area (Å²) in [6.07, 6.45) is 0. The molecule has 0 saturated carbocycles. The third kappa shape index (κ3) is 4.49. The predicted molar refractivity (Wildman–Crippen MR) is 118 cm³/mol. The fourth-order valence-corrected chi connectivity index (χ4v) is 4.30. The summed E-state index contributed by atoms with van der Waals surface area (Å²) in [4.78, 5) is 12.3. The van der Waals surface area contributed by atoms with Gasteiger partial charge in [-0.3, -0.25) is 4.79 Å². The van der Waals surface area contributed by atoms with Crippen molar-refractivity contribution in [3.63, 3.8) is 0 Å². The van der Waals surface area contributed by atoms with Crippen molar-refractivity contribution in [3.8, 4) is 0 Å². The van der Waals surface area contributed by atoms with Gasteiger partial charge in [-0.2, -0.15) is 0 Å². The van der Waals surface area contributed by atoms with Gasteiger partial charge in [0.25, 0.3) is 0 Å². The maximum Gasteiger partial charge on any atom is 0.234 e. The molecular formula is C21H18N4OS2. The highest BCUT2D eigenvalue weighted by Gasteiger charge is 2.09. The second-order valence-electron chi connectivity index (χ2n) is 6.21. The van der Waals surface area contributed by atoms with E-state index in [-0.39, 0.29) is 11.7 Å². The number of aromatic nitrogens is 2. The average molecular weight is 407 g/mol. The lowest BCUT2D eigenvalue weighted by molar-refractivity contribution is -0.113. The predicted octanol–water partition coefficient (Wildman–Crippen LogP) is 5.47. The Bertz CT molecular complexity index is 1130. The van der Waals surface area contributed by atoms with Crippen LogP contribution in [0.15, 0.2) is 71.1 Å². The number of benzene rings is 3. The van der Waals surface area contributed by atoms with Gasteiger partial charge in [-0.1, -0.05) is 71.6 Å². The lowest BCUT2D eigenvalue weighted by Gasteiger charge is -2.06. The normalized spacial score (nSPS) is 10.8. The number of fused-ring (bicyclic) bond motifs is 1. The van der Waals surface area contributed by atoms with Crippen LogP contribution in [0.4, 0.5) is 16.5 Å². The van der Waals surface area contributed by atoms with Crippen molar-refractivity contribution in [2.75, 3.05) is 16.4 Å². The molecule has 1 amide bonds. The Balaban J connectivity index is 1.33. The first-order chi connectivity index (χ1) is 13.7. The van der Waals surface area contributed by atoms with E-state index in [2.05, 4.69) is 26.9 Å². The Morgan fingerprint density at radius 1 is 1.00 bits per heavy atom. The Hall–Kier alpha value is -2.90. The molecular weight excluding hydrogens is 388 g/mol. The van der Waals surface area contributed by atoms with E-state index < -0.39 is 0 Å². The fourth-order valence-electron chi connectivity index (χ4n) is 2.74. The van der Waals surface area contributed by atoms with Gasteiger partial charge in [0.2, 0.25) is 11.0 Å². The minimum Gasteiger partial charge on any atom is -0.330 e. The van der Waals surface area contributed by atoms with Gasteiger partial charge in [-0.05, 0) is 41.5 Å². The molecule has 0 spiro atoms. The van der Waals surface area contributed by atoms with Gasteiger partial charge >= 0.3 is 0 Å². The minimum absolute atomic E-state index is 0.0658. The summed E-state index contributed by atoms with van der Waals surface area (Å²) < 4.78 is 0.754. The van der Waals surface area contributed by atoms with Crippen LogP contribution in [-0.4, -0.2) is 21.9 Å². The van der Waals surface area contributed by atoms with Crippen LogP contribution in [-0.2, 0) is 4.79 Å². The Kier molecular flexibility index (Phi) is 5.55. The SMILES string of the molecule is Cc1ccccc1Nc1nnc(SCC(=O)Nc2ccc3ccccc3c2)s1. The largest absolute Gasteiger partial charge is 0.330 e. The van der Waals surface area contributed by atoms with E-state index in [1.54, 1.807) is 0 Å². The summed E-state index contributed by atoms with van der Waals surface area (Å²) >= 11 is 2.82. The molecule has 0 aliphatic rings. The van der Waals surface area contributed by atoms with Crippen LogP contribution in [0, 0.1) is 6.92 Å². The van der Waals surface area contributed by atoms with Crippen LogP contribution in [0.25, 0.3) is 10.8 Å². The number of nitrogens with zero attached hydrogens (tertiary/aromatic N) is 2. The first kappa shape index (κ1) is 18.5. The minimum atomic E-state index is -0.0658. The molecule has 28 heavy (non-hydrogen) atoms. The highest BCUT2D eigenvalue weighted by Crippen LogP contribution is 2.28. The molecule has 5 nitrogen and oxygen atoms in total. The summed E-state index contributed by atoms with van der Waals surface area (Å²) in [6.45, 7) is 2.04. The smallest absolute Gasteiger partial charge is 0.234 e. The molecule has 2 N–H and O–H groups in total. The van der Waals surface area contributed by atoms with Crippen molar-refractivity contribution >= 4 is 56.3 Å². The number of para-hydroxylation sites is 1. The second-order valence-corrected chi connectivity index (χ2v) is 8.41. The summed E-state index contributed by atoms with van der Waals surface area (Å²) in [5.41, 5.74) is 2.94. The molecule has 4 rings (SSSR count). The van der Waals surface area contributed by atoms with Crippen LogP contribution in [0.3, 0.4) is 0 Å². The molecule has 7 heteroatoms. The summed E-state index contributed by atoms with van der Waals surface area (Å²) in [5, 5.41) is 17.5. The van der Waals surface area contributed by atoms with Crippen molar-refractivity contribution < 1.29 is 4.79 Å². The summed E-state index contributed by atoms with van der Waals surface area (Å²) in [7, 11) is 0. The standard InChI is InChI=1S/C21H18N4OS2/c1-14-6-2-5-9-18(14)23-20-24-25-21(28-20)27-13-19(26)22-17-11-10-15-7-3-4-8-16(15)12-17/h2-12H,13H2,1H3,(H,22,26)(H,23,24). The van der Waals surface area contributed by atoms with Gasteiger partial charge < -0.3 is 10.6 Å². The zero-order valence-electron chi connectivity index (χ0n) is 15.2. The van der Waals surface area contributed by atoms with Gasteiger partial charge in [-0.15, -0.1) is 10.2 Å².